The van der Waals surface area contributed by atoms with Crippen molar-refractivity contribution in [3.05, 3.63) is 30.0 Å². The van der Waals surface area contributed by atoms with E-state index in [0.29, 0.717) is 10.8 Å². The number of thioether (sulfide) groups is 1. The van der Waals surface area contributed by atoms with Gasteiger partial charge in [0, 0.05) is 4.90 Å². The number of nitrogen functional groups attached to an aromatic ring is 1. The van der Waals surface area contributed by atoms with Crippen LogP contribution in [0.3, 0.4) is 0 Å². The Kier molecular flexibility index (Phi) is 3.49. The minimum atomic E-state index is -0.299. The Labute approximate surface area is 107 Å². The van der Waals surface area contributed by atoms with Crippen molar-refractivity contribution in [3.63, 3.8) is 0 Å². The van der Waals surface area contributed by atoms with Gasteiger partial charge in [0.15, 0.2) is 17.3 Å². The van der Waals surface area contributed by atoms with Crippen molar-refractivity contribution in [1.29, 1.82) is 5.41 Å². The Bertz CT molecular complexity index is 571. The number of nitrogens with zero attached hydrogens (tertiary/aromatic N) is 3. The highest BCUT2D eigenvalue weighted by molar-refractivity contribution is 7.98. The summed E-state index contributed by atoms with van der Waals surface area (Å²) >= 11 is 1.53. The third-order valence-electron chi connectivity index (χ3n) is 2.25. The second kappa shape index (κ2) is 5.07. The van der Waals surface area contributed by atoms with Crippen molar-refractivity contribution >= 4 is 29.1 Å². The zero-order chi connectivity index (χ0) is 13.1. The number of anilines is 2. The van der Waals surface area contributed by atoms with Gasteiger partial charge in [0.1, 0.15) is 0 Å². The van der Waals surface area contributed by atoms with Gasteiger partial charge in [-0.3, -0.25) is 10.6 Å². The summed E-state index contributed by atoms with van der Waals surface area (Å²) in [7, 11) is 0. The molecule has 0 aliphatic carbocycles. The van der Waals surface area contributed by atoms with E-state index in [0.717, 1.165) is 4.90 Å². The van der Waals surface area contributed by atoms with Gasteiger partial charge in [-0.2, -0.15) is 0 Å². The maximum absolute atomic E-state index is 9.94. The van der Waals surface area contributed by atoms with Crippen LogP contribution in [-0.2, 0) is 0 Å². The van der Waals surface area contributed by atoms with Gasteiger partial charge in [0.05, 0.1) is 5.69 Å². The molecule has 0 radical (unpaired) electrons. The molecule has 94 valence electrons. The molecule has 0 bridgehead atoms. The summed E-state index contributed by atoms with van der Waals surface area (Å²) in [6.45, 7) is 0. The molecule has 0 aliphatic rings. The summed E-state index contributed by atoms with van der Waals surface area (Å²) in [4.78, 5) is 0.964. The minimum Gasteiger partial charge on any atom is -0.379 e. The summed E-state index contributed by atoms with van der Waals surface area (Å²) in [5.74, 6) is -0.341. The Morgan fingerprint density at radius 1 is 1.50 bits per heavy atom. The van der Waals surface area contributed by atoms with E-state index in [2.05, 4.69) is 14.9 Å². The Balaban J connectivity index is 2.28. The lowest BCUT2D eigenvalue weighted by Crippen LogP contribution is -2.28. The number of nitrogens with two attached hydrogens (primary N) is 1. The highest BCUT2D eigenvalue weighted by Crippen LogP contribution is 2.22. The van der Waals surface area contributed by atoms with Crippen LogP contribution >= 0.6 is 11.8 Å². The van der Waals surface area contributed by atoms with Crippen molar-refractivity contribution in [1.82, 2.24) is 10.3 Å². The number of benzene rings is 1. The molecule has 7 nitrogen and oxygen atoms in total. The van der Waals surface area contributed by atoms with Gasteiger partial charge in [0.25, 0.3) is 0 Å². The zero-order valence-corrected chi connectivity index (χ0v) is 10.3. The van der Waals surface area contributed by atoms with Crippen LogP contribution in [0.25, 0.3) is 0 Å². The van der Waals surface area contributed by atoms with Gasteiger partial charge in [0.2, 0.25) is 0 Å². The van der Waals surface area contributed by atoms with Crippen molar-refractivity contribution in [2.45, 2.75) is 4.90 Å². The quantitative estimate of drug-likeness (QED) is 0.334. The lowest BCUT2D eigenvalue weighted by molar-refractivity contribution is 0.300. The van der Waals surface area contributed by atoms with Gasteiger partial charge in [-0.05, 0) is 34.8 Å². The molecular formula is C10H11N5O2S. The molecule has 18 heavy (non-hydrogen) atoms. The second-order valence-electron chi connectivity index (χ2n) is 3.36. The maximum Gasteiger partial charge on any atom is 0.199 e. The molecule has 0 unspecified atom stereocenters. The number of nitrogens with one attached hydrogen (secondary N) is 1. The van der Waals surface area contributed by atoms with Crippen LogP contribution in [0, 0.1) is 5.41 Å². The topological polar surface area (TPSA) is 112 Å². The number of rotatable bonds is 3. The average Bonchev–Trinajstić information content (AvgIpc) is 2.83. The highest BCUT2D eigenvalue weighted by atomic mass is 32.2. The predicted octanol–water partition coefficient (Wildman–Crippen LogP) is 1.59. The molecule has 0 aliphatic heterocycles. The first-order chi connectivity index (χ1) is 8.63. The second-order valence-corrected chi connectivity index (χ2v) is 4.24. The molecular weight excluding hydrogens is 254 g/mol. The van der Waals surface area contributed by atoms with Gasteiger partial charge in [-0.15, -0.1) is 11.8 Å². The van der Waals surface area contributed by atoms with Gasteiger partial charge in [-0.1, -0.05) is 6.07 Å². The number of amidine groups is 1. The van der Waals surface area contributed by atoms with E-state index in [1.54, 1.807) is 18.2 Å². The Hall–Kier alpha value is -2.06. The third kappa shape index (κ3) is 2.29. The molecule has 0 amide bonds. The fourth-order valence-corrected chi connectivity index (χ4v) is 1.78. The first-order valence-electron chi connectivity index (χ1n) is 4.93. The summed E-state index contributed by atoms with van der Waals surface area (Å²) in [6.07, 6.45) is 1.92. The fourth-order valence-electron chi connectivity index (χ4n) is 1.33. The van der Waals surface area contributed by atoms with Crippen LogP contribution in [-0.4, -0.2) is 27.6 Å². The van der Waals surface area contributed by atoms with Crippen LogP contribution in [0.5, 0.6) is 0 Å². The predicted molar refractivity (Wildman–Crippen MR) is 68.0 cm³/mol. The molecule has 0 fully saturated rings. The van der Waals surface area contributed by atoms with E-state index in [4.69, 9.17) is 11.1 Å². The number of hydrogen-bond acceptors (Lipinski definition) is 7. The van der Waals surface area contributed by atoms with E-state index < -0.39 is 0 Å². The Morgan fingerprint density at radius 2 is 2.28 bits per heavy atom. The molecule has 4 N–H and O–H groups in total. The molecule has 8 heteroatoms. The van der Waals surface area contributed by atoms with Crippen LogP contribution in [0.2, 0.25) is 0 Å². The normalized spacial score (nSPS) is 10.3. The summed E-state index contributed by atoms with van der Waals surface area (Å²) < 4.78 is 4.39. The fraction of sp³-hybridized carbons (Fsp3) is 0.100. The largest absolute Gasteiger partial charge is 0.379 e. The lowest BCUT2D eigenvalue weighted by Gasteiger charge is -2.16. The Morgan fingerprint density at radius 3 is 2.89 bits per heavy atom. The maximum atomic E-state index is 9.94. The van der Waals surface area contributed by atoms with E-state index >= 15 is 0 Å². The molecule has 0 saturated carbocycles. The lowest BCUT2D eigenvalue weighted by atomic mass is 10.3. The van der Waals surface area contributed by atoms with Crippen molar-refractivity contribution in [2.75, 3.05) is 17.1 Å². The molecule has 2 aromatic rings. The van der Waals surface area contributed by atoms with E-state index in [9.17, 15) is 5.21 Å². The van der Waals surface area contributed by atoms with Crippen LogP contribution in [0.1, 0.15) is 5.69 Å². The van der Waals surface area contributed by atoms with Crippen molar-refractivity contribution < 1.29 is 9.84 Å². The smallest absolute Gasteiger partial charge is 0.199 e. The monoisotopic (exact) mass is 265 g/mol. The van der Waals surface area contributed by atoms with E-state index in [1.165, 1.54) is 11.8 Å². The molecule has 0 atom stereocenters. The molecule has 1 aromatic heterocycles. The minimum absolute atomic E-state index is 0.00736. The molecule has 0 saturated heterocycles. The molecule has 0 spiro atoms. The number of hydrogen-bond donors (Lipinski definition) is 3. The zero-order valence-electron chi connectivity index (χ0n) is 9.49. The van der Waals surface area contributed by atoms with Gasteiger partial charge >= 0.3 is 0 Å². The standard InChI is InChI=1S/C10H11N5O2S/c1-18-7-4-2-3-6(5-7)15(16)10(12)8-9(11)14-17-13-8/h2-5,12,16H,1H3,(H2,11,14). The number of aromatic nitrogens is 2. The van der Waals surface area contributed by atoms with Crippen LogP contribution in [0.4, 0.5) is 11.5 Å². The van der Waals surface area contributed by atoms with Crippen molar-refractivity contribution in [2.24, 2.45) is 0 Å². The first kappa shape index (κ1) is 12.4. The third-order valence-corrected chi connectivity index (χ3v) is 2.97. The SMILES string of the molecule is CSc1cccc(N(O)C(=N)c2nonc2N)c1. The van der Waals surface area contributed by atoms with E-state index in [1.807, 2.05) is 12.3 Å². The number of hydroxylamine groups is 1. The highest BCUT2D eigenvalue weighted by Gasteiger charge is 2.19. The van der Waals surface area contributed by atoms with E-state index in [-0.39, 0.29) is 17.3 Å². The summed E-state index contributed by atoms with van der Waals surface area (Å²) in [5.41, 5.74) is 5.90. The van der Waals surface area contributed by atoms with Crippen molar-refractivity contribution in [3.8, 4) is 0 Å². The van der Waals surface area contributed by atoms with Gasteiger partial charge in [-0.25, -0.2) is 9.69 Å². The molecule has 1 heterocycles. The molecule has 2 rings (SSSR count). The average molecular weight is 265 g/mol. The van der Waals surface area contributed by atoms with Crippen LogP contribution in [0.15, 0.2) is 33.8 Å². The molecule has 1 aromatic carbocycles. The first-order valence-corrected chi connectivity index (χ1v) is 6.16. The summed E-state index contributed by atoms with van der Waals surface area (Å²) in [5, 5.41) is 25.2. The van der Waals surface area contributed by atoms with Gasteiger partial charge < -0.3 is 5.73 Å². The van der Waals surface area contributed by atoms with Crippen LogP contribution < -0.4 is 10.8 Å². The summed E-state index contributed by atoms with van der Waals surface area (Å²) in [6, 6.07) is 7.08.